The first-order valence-electron chi connectivity index (χ1n) is 11.0. The predicted octanol–water partition coefficient (Wildman–Crippen LogP) is 4.24. The summed E-state index contributed by atoms with van der Waals surface area (Å²) in [4.78, 5) is 25.4. The molecule has 34 heavy (non-hydrogen) atoms. The molecule has 1 aromatic rings. The summed E-state index contributed by atoms with van der Waals surface area (Å²) in [6, 6.07) is 5.66. The molecule has 0 aliphatic carbocycles. The zero-order chi connectivity index (χ0) is 25.3. The van der Waals surface area contributed by atoms with Crippen LogP contribution in [0.25, 0.3) is 0 Å². The fraction of sp³-hybridized carbons (Fsp3) is 0.609. The van der Waals surface area contributed by atoms with Crippen molar-refractivity contribution in [3.8, 4) is 5.75 Å². The molecule has 1 saturated heterocycles. The minimum absolute atomic E-state index is 0.162. The van der Waals surface area contributed by atoms with Crippen molar-refractivity contribution in [3.63, 3.8) is 0 Å². The van der Waals surface area contributed by atoms with Gasteiger partial charge in [0.2, 0.25) is 0 Å². The average Bonchev–Trinajstić information content (AvgIpc) is 3.02. The number of hydrogen-bond acceptors (Lipinski definition) is 7. The Bertz CT molecular complexity index is 921. The zero-order valence-corrected chi connectivity index (χ0v) is 19.9. The second kappa shape index (κ2) is 9.71. The molecule has 1 amide bonds. The highest BCUT2D eigenvalue weighted by Crippen LogP contribution is 2.37. The van der Waals surface area contributed by atoms with E-state index in [0.29, 0.717) is 31.1 Å². The normalized spacial score (nSPS) is 21.1. The van der Waals surface area contributed by atoms with E-state index in [-0.39, 0.29) is 18.4 Å². The van der Waals surface area contributed by atoms with Crippen molar-refractivity contribution >= 4 is 23.5 Å². The lowest BCUT2D eigenvalue weighted by atomic mass is 9.94. The number of amides is 1. The van der Waals surface area contributed by atoms with Gasteiger partial charge in [-0.05, 0) is 45.0 Å². The van der Waals surface area contributed by atoms with E-state index >= 15 is 0 Å². The lowest BCUT2D eigenvalue weighted by Gasteiger charge is -2.39. The number of rotatable bonds is 6. The highest BCUT2D eigenvalue weighted by molar-refractivity contribution is 5.96. The Balaban J connectivity index is 1.59. The molecule has 0 N–H and O–H groups in total. The van der Waals surface area contributed by atoms with Crippen LogP contribution in [0.15, 0.2) is 29.4 Å². The maximum atomic E-state index is 13.4. The number of carbonyl (C=O) groups is 2. The third-order valence-corrected chi connectivity index (χ3v) is 5.63. The van der Waals surface area contributed by atoms with Crippen LogP contribution < -0.4 is 9.75 Å². The summed E-state index contributed by atoms with van der Waals surface area (Å²) in [5.74, 6) is -0.908. The number of likely N-dealkylation sites (tertiary alicyclic amines) is 1. The molecule has 2 heterocycles. The smallest absolute Gasteiger partial charge is 0.431 e. The summed E-state index contributed by atoms with van der Waals surface area (Å²) in [7, 11) is 1.19. The number of anilines is 1. The van der Waals surface area contributed by atoms with Crippen molar-refractivity contribution in [3.05, 3.63) is 24.3 Å². The Morgan fingerprint density at radius 2 is 1.74 bits per heavy atom. The Hall–Kier alpha value is -2.98. The fourth-order valence-electron chi connectivity index (χ4n) is 3.82. The largest absolute Gasteiger partial charge is 0.493 e. The summed E-state index contributed by atoms with van der Waals surface area (Å²) in [5.41, 5.74) is -1.07. The van der Waals surface area contributed by atoms with Crippen LogP contribution in [-0.4, -0.2) is 67.3 Å². The molecule has 188 valence electrons. The molecule has 8 nitrogen and oxygen atoms in total. The van der Waals surface area contributed by atoms with Crippen LogP contribution >= 0.6 is 0 Å². The average molecular weight is 486 g/mol. The van der Waals surface area contributed by atoms with Crippen LogP contribution in [0.2, 0.25) is 0 Å². The van der Waals surface area contributed by atoms with Crippen LogP contribution in [0.4, 0.5) is 23.7 Å². The molecule has 0 aromatic heterocycles. The molecule has 0 spiro atoms. The molecule has 0 bridgehead atoms. The van der Waals surface area contributed by atoms with E-state index in [1.165, 1.54) is 19.0 Å². The molecule has 2 aliphatic heterocycles. The Morgan fingerprint density at radius 3 is 2.26 bits per heavy atom. The number of halogens is 3. The first-order chi connectivity index (χ1) is 15.8. The summed E-state index contributed by atoms with van der Waals surface area (Å²) in [6.45, 7) is 8.28. The Kier molecular flexibility index (Phi) is 7.32. The number of hydrogen-bond donors (Lipinski definition) is 0. The minimum atomic E-state index is -4.60. The number of alkyl halides is 3. The van der Waals surface area contributed by atoms with Crippen molar-refractivity contribution in [2.45, 2.75) is 51.9 Å². The highest BCUT2D eigenvalue weighted by atomic mass is 19.4. The quantitative estimate of drug-likeness (QED) is 0.561. The van der Waals surface area contributed by atoms with Crippen LogP contribution in [0.5, 0.6) is 5.75 Å². The van der Waals surface area contributed by atoms with E-state index in [4.69, 9.17) is 9.47 Å². The number of nitrogens with zero attached hydrogens (tertiary/aromatic N) is 3. The first kappa shape index (κ1) is 25.6. The maximum absolute atomic E-state index is 13.4. The van der Waals surface area contributed by atoms with E-state index in [2.05, 4.69) is 9.84 Å². The van der Waals surface area contributed by atoms with Crippen LogP contribution in [0, 0.1) is 11.8 Å². The zero-order valence-electron chi connectivity index (χ0n) is 19.9. The molecular formula is C23H30F3N3O5. The SMILES string of the molecule is COC(=O)C[C@H]1[C@H](C)C(C(F)(F)F)=NN1c1ccc(OCC2CN(C(=O)OC(C)(C)C)C2)cc1. The summed E-state index contributed by atoms with van der Waals surface area (Å²) < 4.78 is 56.0. The van der Waals surface area contributed by atoms with Crippen LogP contribution in [0.1, 0.15) is 34.1 Å². The molecule has 1 fully saturated rings. The monoisotopic (exact) mass is 485 g/mol. The van der Waals surface area contributed by atoms with E-state index in [0.717, 1.165) is 0 Å². The van der Waals surface area contributed by atoms with E-state index in [1.807, 2.05) is 20.8 Å². The van der Waals surface area contributed by atoms with E-state index in [9.17, 15) is 22.8 Å². The van der Waals surface area contributed by atoms with Gasteiger partial charge in [0.25, 0.3) is 0 Å². The standard InChI is InChI=1S/C23H30F3N3O5/c1-14-18(10-19(30)32-5)29(27-20(14)23(24,25)26)16-6-8-17(9-7-16)33-13-15-11-28(12-15)21(31)34-22(2,3)4/h6-9,14-15,18H,10-13H2,1-5H3/t14-,18-/m0/s1. The van der Waals surface area contributed by atoms with E-state index in [1.54, 1.807) is 29.2 Å². The third-order valence-electron chi connectivity index (χ3n) is 5.63. The molecule has 2 atom stereocenters. The maximum Gasteiger partial charge on any atom is 0.431 e. The molecular weight excluding hydrogens is 455 g/mol. The number of esters is 1. The lowest BCUT2D eigenvalue weighted by molar-refractivity contribution is -0.141. The van der Waals surface area contributed by atoms with Gasteiger partial charge < -0.3 is 19.1 Å². The molecule has 2 aliphatic rings. The molecule has 0 saturated carbocycles. The van der Waals surface area contributed by atoms with Gasteiger partial charge in [-0.25, -0.2) is 4.79 Å². The third kappa shape index (κ3) is 6.12. The van der Waals surface area contributed by atoms with Crippen molar-refractivity contribution in [1.82, 2.24) is 4.90 Å². The Labute approximate surface area is 196 Å². The number of ether oxygens (including phenoxy) is 3. The second-order valence-corrected chi connectivity index (χ2v) is 9.52. The van der Waals surface area contributed by atoms with Gasteiger partial charge in [-0.3, -0.25) is 9.80 Å². The van der Waals surface area contributed by atoms with Crippen molar-refractivity contribution in [1.29, 1.82) is 0 Å². The Morgan fingerprint density at radius 1 is 1.12 bits per heavy atom. The van der Waals surface area contributed by atoms with Crippen molar-refractivity contribution in [2.24, 2.45) is 16.9 Å². The minimum Gasteiger partial charge on any atom is -0.493 e. The summed E-state index contributed by atoms with van der Waals surface area (Å²) in [5, 5.41) is 5.00. The van der Waals surface area contributed by atoms with Crippen LogP contribution in [-0.2, 0) is 14.3 Å². The van der Waals surface area contributed by atoms with Crippen LogP contribution in [0.3, 0.4) is 0 Å². The number of benzene rings is 1. The van der Waals surface area contributed by atoms with Gasteiger partial charge in [-0.1, -0.05) is 6.92 Å². The van der Waals surface area contributed by atoms with Gasteiger partial charge in [0.1, 0.15) is 17.1 Å². The lowest BCUT2D eigenvalue weighted by Crippen LogP contribution is -2.53. The number of carbonyl (C=O) groups excluding carboxylic acids is 2. The molecule has 0 unspecified atom stereocenters. The van der Waals surface area contributed by atoms with Gasteiger partial charge in [-0.15, -0.1) is 0 Å². The fourth-order valence-corrected chi connectivity index (χ4v) is 3.82. The van der Waals surface area contributed by atoms with Crippen molar-refractivity contribution < 1.29 is 37.0 Å². The topological polar surface area (TPSA) is 80.7 Å². The summed E-state index contributed by atoms with van der Waals surface area (Å²) in [6.07, 6.45) is -5.18. The molecule has 3 rings (SSSR count). The van der Waals surface area contributed by atoms with Gasteiger partial charge in [0, 0.05) is 24.9 Å². The molecule has 1 aromatic carbocycles. The first-order valence-corrected chi connectivity index (χ1v) is 11.0. The predicted molar refractivity (Wildman–Crippen MR) is 119 cm³/mol. The van der Waals surface area contributed by atoms with Gasteiger partial charge in [0.15, 0.2) is 0 Å². The van der Waals surface area contributed by atoms with Gasteiger partial charge >= 0.3 is 18.2 Å². The molecule has 0 radical (unpaired) electrons. The number of methoxy groups -OCH3 is 1. The van der Waals surface area contributed by atoms with Gasteiger partial charge in [0.05, 0.1) is 31.9 Å². The summed E-state index contributed by atoms with van der Waals surface area (Å²) >= 11 is 0. The second-order valence-electron chi connectivity index (χ2n) is 9.52. The highest BCUT2D eigenvalue weighted by Gasteiger charge is 2.48. The molecule has 11 heteroatoms. The van der Waals surface area contributed by atoms with Crippen molar-refractivity contribution in [2.75, 3.05) is 31.8 Å². The number of hydrazone groups is 1. The van der Waals surface area contributed by atoms with Gasteiger partial charge in [-0.2, -0.15) is 18.3 Å². The van der Waals surface area contributed by atoms with E-state index < -0.39 is 35.4 Å².